The van der Waals surface area contributed by atoms with Gasteiger partial charge in [-0.05, 0) is 26.5 Å². The molecule has 0 aliphatic carbocycles. The van der Waals surface area contributed by atoms with Crippen molar-refractivity contribution in [2.24, 2.45) is 10.9 Å². The molecule has 1 rings (SSSR count). The van der Waals surface area contributed by atoms with Gasteiger partial charge in [-0.2, -0.15) is 0 Å². The van der Waals surface area contributed by atoms with Gasteiger partial charge in [0.1, 0.15) is 0 Å². The molecule has 0 radical (unpaired) electrons. The molecule has 0 amide bonds. The van der Waals surface area contributed by atoms with E-state index in [4.69, 9.17) is 5.11 Å². The first-order chi connectivity index (χ1) is 4.17. The molecule has 1 heterocycles. The minimum atomic E-state index is -0.0191. The molecule has 2 heteroatoms. The van der Waals surface area contributed by atoms with Gasteiger partial charge in [0.15, 0.2) is 0 Å². The molecular formula is C7H13NO. The minimum Gasteiger partial charge on any atom is -0.396 e. The van der Waals surface area contributed by atoms with Gasteiger partial charge >= 0.3 is 0 Å². The van der Waals surface area contributed by atoms with Crippen LogP contribution < -0.4 is 0 Å². The normalized spacial score (nSPS) is 31.2. The fourth-order valence-corrected chi connectivity index (χ4v) is 1.11. The topological polar surface area (TPSA) is 32.6 Å². The van der Waals surface area contributed by atoms with E-state index in [-0.39, 0.29) is 12.1 Å². The summed E-state index contributed by atoms with van der Waals surface area (Å²) in [5, 5.41) is 8.82. The van der Waals surface area contributed by atoms with E-state index in [9.17, 15) is 0 Å². The monoisotopic (exact) mass is 127 g/mol. The Labute approximate surface area is 55.6 Å². The van der Waals surface area contributed by atoms with Gasteiger partial charge in [0.05, 0.1) is 5.54 Å². The molecule has 2 nitrogen and oxygen atoms in total. The van der Waals surface area contributed by atoms with Gasteiger partial charge in [0, 0.05) is 12.5 Å². The van der Waals surface area contributed by atoms with Crippen LogP contribution in [0.3, 0.4) is 0 Å². The highest BCUT2D eigenvalue weighted by atomic mass is 16.3. The Morgan fingerprint density at radius 2 is 2.44 bits per heavy atom. The van der Waals surface area contributed by atoms with Gasteiger partial charge in [-0.1, -0.05) is 0 Å². The average Bonchev–Trinajstić information content (AvgIpc) is 2.08. The summed E-state index contributed by atoms with van der Waals surface area (Å²) in [6.45, 7) is 4.36. The summed E-state index contributed by atoms with van der Waals surface area (Å²) in [6, 6.07) is 0. The zero-order valence-electron chi connectivity index (χ0n) is 5.96. The van der Waals surface area contributed by atoms with E-state index in [0.29, 0.717) is 5.92 Å². The number of hydrogen-bond donors (Lipinski definition) is 1. The Kier molecular flexibility index (Phi) is 1.58. The molecular weight excluding hydrogens is 114 g/mol. The van der Waals surface area contributed by atoms with Crippen LogP contribution in [-0.4, -0.2) is 23.5 Å². The number of hydrogen-bond acceptors (Lipinski definition) is 2. The molecule has 0 aromatic carbocycles. The molecule has 0 saturated heterocycles. The maximum Gasteiger partial charge on any atom is 0.0601 e. The highest BCUT2D eigenvalue weighted by Crippen LogP contribution is 2.27. The second-order valence-corrected chi connectivity index (χ2v) is 3.08. The van der Waals surface area contributed by atoms with Crippen molar-refractivity contribution in [2.75, 3.05) is 6.61 Å². The van der Waals surface area contributed by atoms with Crippen molar-refractivity contribution in [3.05, 3.63) is 0 Å². The van der Waals surface area contributed by atoms with Crippen LogP contribution in [0.2, 0.25) is 0 Å². The molecule has 1 atom stereocenters. The van der Waals surface area contributed by atoms with Gasteiger partial charge in [-0.25, -0.2) is 0 Å². The summed E-state index contributed by atoms with van der Waals surface area (Å²) in [7, 11) is 0. The van der Waals surface area contributed by atoms with Crippen LogP contribution >= 0.6 is 0 Å². The third-order valence-electron chi connectivity index (χ3n) is 2.03. The van der Waals surface area contributed by atoms with E-state index < -0.39 is 0 Å². The molecule has 52 valence electrons. The number of rotatable bonds is 1. The maximum absolute atomic E-state index is 8.82. The molecule has 9 heavy (non-hydrogen) atoms. The number of nitrogens with zero attached hydrogens (tertiary/aromatic N) is 1. The van der Waals surface area contributed by atoms with E-state index in [1.54, 1.807) is 0 Å². The lowest BCUT2D eigenvalue weighted by Gasteiger charge is -2.22. The molecule has 0 spiro atoms. The number of aliphatic hydroxyl groups is 1. The lowest BCUT2D eigenvalue weighted by atomic mass is 9.90. The summed E-state index contributed by atoms with van der Waals surface area (Å²) in [4.78, 5) is 4.24. The van der Waals surface area contributed by atoms with Gasteiger partial charge in [0.2, 0.25) is 0 Å². The molecule has 0 saturated carbocycles. The van der Waals surface area contributed by atoms with Crippen molar-refractivity contribution in [1.29, 1.82) is 0 Å². The first-order valence-electron chi connectivity index (χ1n) is 3.31. The molecule has 1 aliphatic rings. The molecule has 0 unspecified atom stereocenters. The smallest absolute Gasteiger partial charge is 0.0601 e. The van der Waals surface area contributed by atoms with E-state index in [0.717, 1.165) is 6.42 Å². The lowest BCUT2D eigenvalue weighted by Crippen LogP contribution is -2.27. The molecule has 1 aliphatic heterocycles. The molecule has 0 fully saturated rings. The van der Waals surface area contributed by atoms with Crippen molar-refractivity contribution in [3.63, 3.8) is 0 Å². The van der Waals surface area contributed by atoms with E-state index in [1.165, 1.54) is 0 Å². The van der Waals surface area contributed by atoms with Crippen LogP contribution in [0.15, 0.2) is 4.99 Å². The average molecular weight is 127 g/mol. The van der Waals surface area contributed by atoms with Gasteiger partial charge in [-0.15, -0.1) is 0 Å². The maximum atomic E-state index is 8.82. The zero-order valence-corrected chi connectivity index (χ0v) is 5.96. The SMILES string of the molecule is CC1(C)N=CC[C@@H]1CO. The summed E-state index contributed by atoms with van der Waals surface area (Å²) in [5.41, 5.74) is -0.0191. The van der Waals surface area contributed by atoms with Crippen LogP contribution in [0.1, 0.15) is 20.3 Å². The summed E-state index contributed by atoms with van der Waals surface area (Å²) < 4.78 is 0. The largest absolute Gasteiger partial charge is 0.396 e. The molecule has 0 bridgehead atoms. The van der Waals surface area contributed by atoms with Crippen LogP contribution in [-0.2, 0) is 0 Å². The molecule has 0 aromatic heterocycles. The number of aliphatic hydroxyl groups excluding tert-OH is 1. The van der Waals surface area contributed by atoms with Crippen LogP contribution in [0.25, 0.3) is 0 Å². The van der Waals surface area contributed by atoms with E-state index >= 15 is 0 Å². The van der Waals surface area contributed by atoms with Crippen LogP contribution in [0.4, 0.5) is 0 Å². The standard InChI is InChI=1S/C7H13NO/c1-7(2)6(5-9)3-4-8-7/h4,6,9H,3,5H2,1-2H3/t6-/m1/s1. The summed E-state index contributed by atoms with van der Waals surface area (Å²) >= 11 is 0. The first-order valence-corrected chi connectivity index (χ1v) is 3.31. The predicted molar refractivity (Wildman–Crippen MR) is 37.8 cm³/mol. The van der Waals surface area contributed by atoms with Crippen molar-refractivity contribution in [3.8, 4) is 0 Å². The van der Waals surface area contributed by atoms with Crippen LogP contribution in [0.5, 0.6) is 0 Å². The third-order valence-corrected chi connectivity index (χ3v) is 2.03. The Hall–Kier alpha value is -0.370. The van der Waals surface area contributed by atoms with Crippen molar-refractivity contribution >= 4 is 6.21 Å². The van der Waals surface area contributed by atoms with Crippen LogP contribution in [0, 0.1) is 5.92 Å². The Morgan fingerprint density at radius 1 is 1.78 bits per heavy atom. The summed E-state index contributed by atoms with van der Waals surface area (Å²) in [5.74, 6) is 0.345. The highest BCUT2D eigenvalue weighted by Gasteiger charge is 2.30. The van der Waals surface area contributed by atoms with Crippen molar-refractivity contribution < 1.29 is 5.11 Å². The van der Waals surface area contributed by atoms with Gasteiger partial charge in [0.25, 0.3) is 0 Å². The number of aliphatic imine (C=N–C) groups is 1. The Morgan fingerprint density at radius 3 is 2.67 bits per heavy atom. The fraction of sp³-hybridized carbons (Fsp3) is 0.857. The van der Waals surface area contributed by atoms with E-state index in [2.05, 4.69) is 18.8 Å². The predicted octanol–water partition coefficient (Wildman–Crippen LogP) is 0.848. The molecule has 1 N–H and O–H groups in total. The zero-order chi connectivity index (χ0) is 6.91. The summed E-state index contributed by atoms with van der Waals surface area (Å²) in [6.07, 6.45) is 2.84. The van der Waals surface area contributed by atoms with Gasteiger partial charge < -0.3 is 5.11 Å². The van der Waals surface area contributed by atoms with E-state index in [1.807, 2.05) is 6.21 Å². The second-order valence-electron chi connectivity index (χ2n) is 3.08. The first kappa shape index (κ1) is 6.75. The Bertz CT molecular complexity index is 129. The highest BCUT2D eigenvalue weighted by molar-refractivity contribution is 5.61. The minimum absolute atomic E-state index is 0.0191. The van der Waals surface area contributed by atoms with Crippen molar-refractivity contribution in [1.82, 2.24) is 0 Å². The molecule has 0 aromatic rings. The lowest BCUT2D eigenvalue weighted by molar-refractivity contribution is 0.187. The van der Waals surface area contributed by atoms with Gasteiger partial charge in [-0.3, -0.25) is 4.99 Å². The fourth-order valence-electron chi connectivity index (χ4n) is 1.11. The van der Waals surface area contributed by atoms with Crippen molar-refractivity contribution in [2.45, 2.75) is 25.8 Å². The third kappa shape index (κ3) is 1.13. The second kappa shape index (κ2) is 2.10. The Balaban J connectivity index is 2.60. The quantitative estimate of drug-likeness (QED) is 0.556.